The van der Waals surface area contributed by atoms with Crippen LogP contribution in [0.25, 0.3) is 17.0 Å². The number of pyridine rings is 1. The van der Waals surface area contributed by atoms with Gasteiger partial charge in [0.1, 0.15) is 17.3 Å². The molecule has 1 aliphatic rings. The monoisotopic (exact) mass is 476 g/mol. The molecule has 3 aromatic heterocycles. The molecule has 8 heteroatoms. The highest BCUT2D eigenvalue weighted by Gasteiger charge is 2.31. The molecule has 6 nitrogen and oxygen atoms in total. The molecule has 4 aromatic rings. The molecule has 3 atom stereocenters. The standard InChI is InChI=1S/C27H26F2N4O2/c1-14-9-18(7-8-30-14)24-11-19(10-15(2)35-24)23-13-25-31-17(4)16(3)27(34)33(25)26(32-23)21-6-5-20(28)12-22(21)29/h5-9,12-13,15,19,24H,10-11H2,1-4H3. The average molecular weight is 477 g/mol. The molecule has 1 fully saturated rings. The zero-order valence-electron chi connectivity index (χ0n) is 20.0. The van der Waals surface area contributed by atoms with E-state index in [-0.39, 0.29) is 35.1 Å². The molecule has 35 heavy (non-hydrogen) atoms. The highest BCUT2D eigenvalue weighted by Crippen LogP contribution is 2.40. The highest BCUT2D eigenvalue weighted by molar-refractivity contribution is 5.61. The van der Waals surface area contributed by atoms with Gasteiger partial charge in [-0.1, -0.05) is 0 Å². The molecule has 0 amide bonds. The lowest BCUT2D eigenvalue weighted by atomic mass is 9.86. The topological polar surface area (TPSA) is 69.4 Å². The number of hydrogen-bond acceptors (Lipinski definition) is 5. The van der Waals surface area contributed by atoms with Gasteiger partial charge in [0.15, 0.2) is 5.82 Å². The van der Waals surface area contributed by atoms with Crippen LogP contribution >= 0.6 is 0 Å². The number of hydrogen-bond donors (Lipinski definition) is 0. The summed E-state index contributed by atoms with van der Waals surface area (Å²) in [7, 11) is 0. The van der Waals surface area contributed by atoms with E-state index in [1.54, 1.807) is 26.1 Å². The highest BCUT2D eigenvalue weighted by atomic mass is 19.1. The van der Waals surface area contributed by atoms with E-state index in [9.17, 15) is 13.6 Å². The summed E-state index contributed by atoms with van der Waals surface area (Å²) in [6.07, 6.45) is 2.96. The summed E-state index contributed by atoms with van der Waals surface area (Å²) >= 11 is 0. The second-order valence-electron chi connectivity index (χ2n) is 9.28. The van der Waals surface area contributed by atoms with Crippen LogP contribution in [0.4, 0.5) is 8.78 Å². The second kappa shape index (κ2) is 8.92. The summed E-state index contributed by atoms with van der Waals surface area (Å²) < 4.78 is 36.1. The Hall–Kier alpha value is -3.52. The van der Waals surface area contributed by atoms with Gasteiger partial charge in [-0.05, 0) is 70.4 Å². The van der Waals surface area contributed by atoms with Crippen LogP contribution in [0.2, 0.25) is 0 Å². The minimum absolute atomic E-state index is 0.0111. The van der Waals surface area contributed by atoms with Gasteiger partial charge in [-0.25, -0.2) is 23.1 Å². The molecule has 4 heterocycles. The molecule has 1 aliphatic heterocycles. The largest absolute Gasteiger partial charge is 0.371 e. The van der Waals surface area contributed by atoms with Crippen molar-refractivity contribution < 1.29 is 13.5 Å². The van der Waals surface area contributed by atoms with Crippen LogP contribution < -0.4 is 5.56 Å². The Labute approximate surface area is 201 Å². The molecule has 0 aliphatic carbocycles. The minimum atomic E-state index is -0.786. The third-order valence-electron chi connectivity index (χ3n) is 6.70. The first-order chi connectivity index (χ1) is 16.7. The number of rotatable bonds is 3. The SMILES string of the molecule is Cc1cc(C2CC(c3cc4nc(C)c(C)c(=O)n4c(-c4ccc(F)cc4F)n3)CC(C)O2)ccn1. The van der Waals surface area contributed by atoms with Gasteiger partial charge in [-0.3, -0.25) is 9.78 Å². The molecule has 0 N–H and O–H groups in total. The molecule has 0 spiro atoms. The summed E-state index contributed by atoms with van der Waals surface area (Å²) in [5.74, 6) is -1.38. The first-order valence-electron chi connectivity index (χ1n) is 11.7. The van der Waals surface area contributed by atoms with Gasteiger partial charge in [0, 0.05) is 46.9 Å². The van der Waals surface area contributed by atoms with Crippen LogP contribution in [0, 0.1) is 32.4 Å². The zero-order chi connectivity index (χ0) is 24.9. The smallest absolute Gasteiger partial charge is 0.262 e. The molecular weight excluding hydrogens is 450 g/mol. The first-order valence-corrected chi connectivity index (χ1v) is 11.7. The Morgan fingerprint density at radius 1 is 1.03 bits per heavy atom. The van der Waals surface area contributed by atoms with E-state index in [1.807, 2.05) is 26.0 Å². The molecule has 0 radical (unpaired) electrons. The van der Waals surface area contributed by atoms with Crippen molar-refractivity contribution in [2.75, 3.05) is 0 Å². The van der Waals surface area contributed by atoms with E-state index in [0.29, 0.717) is 35.4 Å². The van der Waals surface area contributed by atoms with Crippen molar-refractivity contribution in [1.82, 2.24) is 19.4 Å². The lowest BCUT2D eigenvalue weighted by Gasteiger charge is -2.34. The van der Waals surface area contributed by atoms with Crippen molar-refractivity contribution >= 4 is 5.65 Å². The second-order valence-corrected chi connectivity index (χ2v) is 9.28. The maximum Gasteiger partial charge on any atom is 0.262 e. The van der Waals surface area contributed by atoms with Crippen molar-refractivity contribution in [1.29, 1.82) is 0 Å². The molecule has 1 aromatic carbocycles. The lowest BCUT2D eigenvalue weighted by molar-refractivity contribution is -0.0506. The van der Waals surface area contributed by atoms with E-state index < -0.39 is 11.6 Å². The minimum Gasteiger partial charge on any atom is -0.371 e. The van der Waals surface area contributed by atoms with Crippen molar-refractivity contribution in [3.63, 3.8) is 0 Å². The van der Waals surface area contributed by atoms with Gasteiger partial charge >= 0.3 is 0 Å². The predicted molar refractivity (Wildman–Crippen MR) is 128 cm³/mol. The van der Waals surface area contributed by atoms with Crippen molar-refractivity contribution in [2.45, 2.75) is 58.7 Å². The van der Waals surface area contributed by atoms with Crippen molar-refractivity contribution in [3.8, 4) is 11.4 Å². The Balaban J connectivity index is 1.68. The summed E-state index contributed by atoms with van der Waals surface area (Å²) in [6.45, 7) is 7.41. The number of aromatic nitrogens is 4. The number of aryl methyl sites for hydroxylation is 2. The quantitative estimate of drug-likeness (QED) is 0.397. The number of benzene rings is 1. The fourth-order valence-electron chi connectivity index (χ4n) is 4.80. The van der Waals surface area contributed by atoms with Gasteiger partial charge in [0.2, 0.25) is 0 Å². The van der Waals surface area contributed by atoms with Gasteiger partial charge < -0.3 is 4.74 Å². The van der Waals surface area contributed by atoms with Gasteiger partial charge in [0.05, 0.1) is 17.8 Å². The molecular formula is C27H26F2N4O2. The third-order valence-corrected chi connectivity index (χ3v) is 6.70. The summed E-state index contributed by atoms with van der Waals surface area (Å²) in [6, 6.07) is 9.04. The summed E-state index contributed by atoms with van der Waals surface area (Å²) in [5, 5.41) is 0. The van der Waals surface area contributed by atoms with E-state index in [0.717, 1.165) is 23.4 Å². The number of halogens is 2. The summed E-state index contributed by atoms with van der Waals surface area (Å²) in [5.41, 5.74) is 3.81. The van der Waals surface area contributed by atoms with Crippen LogP contribution in [-0.2, 0) is 4.74 Å². The maximum atomic E-state index is 14.9. The molecule has 0 saturated carbocycles. The maximum absolute atomic E-state index is 14.9. The zero-order valence-corrected chi connectivity index (χ0v) is 20.0. The van der Waals surface area contributed by atoms with Crippen molar-refractivity contribution in [2.24, 2.45) is 0 Å². The fourth-order valence-corrected chi connectivity index (χ4v) is 4.80. The molecule has 1 saturated heterocycles. The van der Waals surface area contributed by atoms with E-state index >= 15 is 0 Å². The van der Waals surface area contributed by atoms with Crippen LogP contribution in [0.3, 0.4) is 0 Å². The van der Waals surface area contributed by atoms with Crippen molar-refractivity contribution in [3.05, 3.63) is 92.8 Å². The first kappa shape index (κ1) is 23.2. The Morgan fingerprint density at radius 2 is 1.83 bits per heavy atom. The Kier molecular flexibility index (Phi) is 5.92. The average Bonchev–Trinajstić information content (AvgIpc) is 2.81. The number of nitrogens with zero attached hydrogens (tertiary/aromatic N) is 4. The van der Waals surface area contributed by atoms with Crippen LogP contribution in [-0.4, -0.2) is 25.5 Å². The normalized spacial score (nSPS) is 20.3. The molecule has 3 unspecified atom stereocenters. The van der Waals surface area contributed by atoms with Gasteiger partial charge in [-0.2, -0.15) is 0 Å². The van der Waals surface area contributed by atoms with E-state index in [2.05, 4.69) is 9.97 Å². The predicted octanol–water partition coefficient (Wildman–Crippen LogP) is 5.38. The van der Waals surface area contributed by atoms with Gasteiger partial charge in [0.25, 0.3) is 5.56 Å². The molecule has 180 valence electrons. The van der Waals surface area contributed by atoms with Crippen LogP contribution in [0.1, 0.15) is 60.0 Å². The van der Waals surface area contributed by atoms with Crippen LogP contribution in [0.15, 0.2) is 47.4 Å². The molecule has 0 bridgehead atoms. The van der Waals surface area contributed by atoms with Gasteiger partial charge in [-0.15, -0.1) is 0 Å². The van der Waals surface area contributed by atoms with E-state index in [4.69, 9.17) is 9.72 Å². The Bertz CT molecular complexity index is 1500. The number of ether oxygens (including phenoxy) is 1. The molecule has 5 rings (SSSR count). The third kappa shape index (κ3) is 4.34. The lowest BCUT2D eigenvalue weighted by Crippen LogP contribution is -2.27. The summed E-state index contributed by atoms with van der Waals surface area (Å²) in [4.78, 5) is 26.9. The fraction of sp³-hybridized carbons (Fsp3) is 0.333. The van der Waals surface area contributed by atoms with E-state index in [1.165, 1.54) is 10.5 Å². The Morgan fingerprint density at radius 3 is 2.57 bits per heavy atom. The van der Waals surface area contributed by atoms with Crippen LogP contribution in [0.5, 0.6) is 0 Å². The number of fused-ring (bicyclic) bond motifs is 1.